The Morgan fingerprint density at radius 2 is 1.71 bits per heavy atom. The molecule has 0 aliphatic carbocycles. The molecule has 2 amide bonds. The second kappa shape index (κ2) is 9.84. The van der Waals surface area contributed by atoms with Gasteiger partial charge in [0.15, 0.2) is 0 Å². The van der Waals surface area contributed by atoms with Crippen LogP contribution in [-0.2, 0) is 9.59 Å². The van der Waals surface area contributed by atoms with E-state index in [0.29, 0.717) is 35.1 Å². The third-order valence-electron chi connectivity index (χ3n) is 4.76. The number of imide groups is 1. The Morgan fingerprint density at radius 1 is 1.00 bits per heavy atom. The lowest BCUT2D eigenvalue weighted by molar-refractivity contribution is -0.136. The zero-order valence-electron chi connectivity index (χ0n) is 17.9. The molecule has 0 saturated heterocycles. The fourth-order valence-electron chi connectivity index (χ4n) is 3.24. The summed E-state index contributed by atoms with van der Waals surface area (Å²) in [6.45, 7) is 6.40. The van der Waals surface area contributed by atoms with Crippen molar-refractivity contribution in [1.29, 1.82) is 0 Å². The van der Waals surface area contributed by atoms with E-state index in [1.54, 1.807) is 49.6 Å². The van der Waals surface area contributed by atoms with Crippen LogP contribution in [0.4, 0.5) is 5.69 Å². The molecule has 0 radical (unpaired) electrons. The highest BCUT2D eigenvalue weighted by Crippen LogP contribution is 2.35. The molecule has 2 aromatic rings. The number of methoxy groups -OCH3 is 2. The van der Waals surface area contributed by atoms with Gasteiger partial charge in [-0.25, -0.2) is 0 Å². The molecule has 1 heterocycles. The molecule has 0 bridgehead atoms. The van der Waals surface area contributed by atoms with Gasteiger partial charge in [-0.3, -0.25) is 14.5 Å². The average Bonchev–Trinajstić information content (AvgIpc) is 3.02. The van der Waals surface area contributed by atoms with Crippen molar-refractivity contribution in [2.75, 3.05) is 32.7 Å². The highest BCUT2D eigenvalue weighted by atomic mass is 16.5. The molecule has 0 unspecified atom stereocenters. The van der Waals surface area contributed by atoms with Crippen molar-refractivity contribution in [1.82, 2.24) is 4.90 Å². The van der Waals surface area contributed by atoms with Crippen molar-refractivity contribution < 1.29 is 23.8 Å². The minimum Gasteiger partial charge on any atom is -0.497 e. The number of benzene rings is 2. The fraction of sp³-hybridized carbons (Fsp3) is 0.250. The van der Waals surface area contributed by atoms with E-state index in [2.05, 4.69) is 11.9 Å². The van der Waals surface area contributed by atoms with Crippen LogP contribution in [0, 0.1) is 0 Å². The number of carbonyl (C=O) groups excluding carboxylic acids is 2. The van der Waals surface area contributed by atoms with E-state index >= 15 is 0 Å². The average molecular weight is 422 g/mol. The molecule has 0 aromatic heterocycles. The van der Waals surface area contributed by atoms with E-state index in [-0.39, 0.29) is 17.8 Å². The summed E-state index contributed by atoms with van der Waals surface area (Å²) in [7, 11) is 3.08. The SMILES string of the molecule is C=CCN1C(=O)C(Nc2cc(OC)ccc2OC)=C(c2ccc(OCCC)cc2)C1=O. The Labute approximate surface area is 181 Å². The van der Waals surface area contributed by atoms with Crippen LogP contribution in [0.25, 0.3) is 5.57 Å². The van der Waals surface area contributed by atoms with Crippen molar-refractivity contribution in [3.8, 4) is 17.2 Å². The maximum atomic E-state index is 13.1. The van der Waals surface area contributed by atoms with Gasteiger partial charge in [-0.2, -0.15) is 0 Å². The van der Waals surface area contributed by atoms with E-state index in [0.717, 1.165) is 11.3 Å². The second-order valence-electron chi connectivity index (χ2n) is 6.82. The summed E-state index contributed by atoms with van der Waals surface area (Å²) in [6.07, 6.45) is 2.41. The normalized spacial score (nSPS) is 13.5. The van der Waals surface area contributed by atoms with Gasteiger partial charge < -0.3 is 19.5 Å². The first-order valence-electron chi connectivity index (χ1n) is 9.97. The molecule has 0 fully saturated rings. The second-order valence-corrected chi connectivity index (χ2v) is 6.82. The maximum absolute atomic E-state index is 13.1. The third-order valence-corrected chi connectivity index (χ3v) is 4.76. The summed E-state index contributed by atoms with van der Waals surface area (Å²) in [4.78, 5) is 27.4. The Hall–Kier alpha value is -3.74. The van der Waals surface area contributed by atoms with Crippen molar-refractivity contribution in [3.05, 3.63) is 66.4 Å². The van der Waals surface area contributed by atoms with E-state index in [1.807, 2.05) is 6.92 Å². The van der Waals surface area contributed by atoms with Crippen LogP contribution in [0.5, 0.6) is 17.2 Å². The lowest BCUT2D eigenvalue weighted by Crippen LogP contribution is -2.32. The predicted octanol–water partition coefficient (Wildman–Crippen LogP) is 3.87. The van der Waals surface area contributed by atoms with Crippen LogP contribution < -0.4 is 19.5 Å². The number of nitrogens with one attached hydrogen (secondary N) is 1. The molecule has 3 rings (SSSR count). The zero-order chi connectivity index (χ0) is 22.4. The molecular formula is C24H26N2O5. The summed E-state index contributed by atoms with van der Waals surface area (Å²) in [5.74, 6) is 0.975. The summed E-state index contributed by atoms with van der Waals surface area (Å²) < 4.78 is 16.3. The molecule has 0 spiro atoms. The number of hydrogen-bond donors (Lipinski definition) is 1. The van der Waals surface area contributed by atoms with Gasteiger partial charge in [0.1, 0.15) is 22.9 Å². The minimum atomic E-state index is -0.434. The first-order chi connectivity index (χ1) is 15.0. The molecule has 1 aliphatic heterocycles. The van der Waals surface area contributed by atoms with Gasteiger partial charge in [0.25, 0.3) is 11.8 Å². The summed E-state index contributed by atoms with van der Waals surface area (Å²) in [6, 6.07) is 12.3. The van der Waals surface area contributed by atoms with Gasteiger partial charge in [0.2, 0.25) is 0 Å². The van der Waals surface area contributed by atoms with Crippen LogP contribution in [0.1, 0.15) is 18.9 Å². The summed E-state index contributed by atoms with van der Waals surface area (Å²) >= 11 is 0. The number of hydrogen-bond acceptors (Lipinski definition) is 6. The zero-order valence-corrected chi connectivity index (χ0v) is 17.9. The molecule has 1 aliphatic rings. The van der Waals surface area contributed by atoms with Gasteiger partial charge in [-0.05, 0) is 36.2 Å². The first-order valence-corrected chi connectivity index (χ1v) is 9.97. The number of amides is 2. The molecule has 7 heteroatoms. The van der Waals surface area contributed by atoms with E-state index in [9.17, 15) is 9.59 Å². The van der Waals surface area contributed by atoms with Crippen molar-refractivity contribution in [2.45, 2.75) is 13.3 Å². The molecule has 162 valence electrons. The van der Waals surface area contributed by atoms with Crippen LogP contribution in [0.2, 0.25) is 0 Å². The highest BCUT2D eigenvalue weighted by molar-refractivity contribution is 6.36. The Bertz CT molecular complexity index is 1010. The predicted molar refractivity (Wildman–Crippen MR) is 119 cm³/mol. The van der Waals surface area contributed by atoms with Crippen LogP contribution in [-0.4, -0.2) is 44.1 Å². The standard InChI is InChI=1S/C24H26N2O5/c1-5-13-26-23(27)21(16-7-9-17(10-8-16)31-14-6-2)22(24(26)28)25-19-15-18(29-3)11-12-20(19)30-4/h5,7-12,15,25H,1,6,13-14H2,2-4H3. The van der Waals surface area contributed by atoms with E-state index in [1.165, 1.54) is 13.2 Å². The Balaban J connectivity index is 2.05. The third kappa shape index (κ3) is 4.55. The number of ether oxygens (including phenoxy) is 3. The lowest BCUT2D eigenvalue weighted by atomic mass is 10.0. The fourth-order valence-corrected chi connectivity index (χ4v) is 3.24. The Kier molecular flexibility index (Phi) is 6.97. The quantitative estimate of drug-likeness (QED) is 0.463. The topological polar surface area (TPSA) is 77.1 Å². The molecule has 1 N–H and O–H groups in total. The number of rotatable bonds is 10. The molecule has 0 atom stereocenters. The molecule has 7 nitrogen and oxygen atoms in total. The van der Waals surface area contributed by atoms with Crippen molar-refractivity contribution in [2.24, 2.45) is 0 Å². The number of carbonyl (C=O) groups is 2. The molecule has 2 aromatic carbocycles. The highest BCUT2D eigenvalue weighted by Gasteiger charge is 2.38. The van der Waals surface area contributed by atoms with Crippen LogP contribution in [0.3, 0.4) is 0 Å². The smallest absolute Gasteiger partial charge is 0.278 e. The Morgan fingerprint density at radius 3 is 2.32 bits per heavy atom. The van der Waals surface area contributed by atoms with Crippen LogP contribution >= 0.6 is 0 Å². The maximum Gasteiger partial charge on any atom is 0.278 e. The van der Waals surface area contributed by atoms with Gasteiger partial charge in [0, 0.05) is 12.6 Å². The van der Waals surface area contributed by atoms with Gasteiger partial charge >= 0.3 is 0 Å². The van der Waals surface area contributed by atoms with Crippen LogP contribution in [0.15, 0.2) is 60.8 Å². The number of anilines is 1. The molecule has 31 heavy (non-hydrogen) atoms. The summed E-state index contributed by atoms with van der Waals surface area (Å²) in [5.41, 5.74) is 1.57. The van der Waals surface area contributed by atoms with Crippen molar-refractivity contribution >= 4 is 23.1 Å². The van der Waals surface area contributed by atoms with Gasteiger partial charge in [0.05, 0.1) is 32.1 Å². The molecule has 0 saturated carbocycles. The first kappa shape index (κ1) is 22.0. The van der Waals surface area contributed by atoms with Crippen molar-refractivity contribution in [3.63, 3.8) is 0 Å². The lowest BCUT2D eigenvalue weighted by Gasteiger charge is -2.14. The largest absolute Gasteiger partial charge is 0.497 e. The van der Waals surface area contributed by atoms with Gasteiger partial charge in [-0.15, -0.1) is 6.58 Å². The summed E-state index contributed by atoms with van der Waals surface area (Å²) in [5, 5.41) is 3.10. The molecular weight excluding hydrogens is 396 g/mol. The van der Waals surface area contributed by atoms with E-state index in [4.69, 9.17) is 14.2 Å². The number of nitrogens with zero attached hydrogens (tertiary/aromatic N) is 1. The minimum absolute atomic E-state index is 0.110. The monoisotopic (exact) mass is 422 g/mol. The van der Waals surface area contributed by atoms with Gasteiger partial charge in [-0.1, -0.05) is 25.1 Å². The van der Waals surface area contributed by atoms with E-state index < -0.39 is 11.8 Å².